The highest BCUT2D eigenvalue weighted by atomic mass is 16.1. The number of nitrogens with one attached hydrogen (secondary N) is 1. The number of aromatic amines is 1. The summed E-state index contributed by atoms with van der Waals surface area (Å²) >= 11 is 0. The number of benzene rings is 1. The van der Waals surface area contributed by atoms with Crippen LogP contribution in [0.25, 0.3) is 11.2 Å². The molecule has 3 rings (SSSR count). The van der Waals surface area contributed by atoms with E-state index in [2.05, 4.69) is 15.0 Å². The Morgan fingerprint density at radius 2 is 2.05 bits per heavy atom. The number of aromatic nitrogens is 3. The first-order chi connectivity index (χ1) is 9.24. The summed E-state index contributed by atoms with van der Waals surface area (Å²) < 4.78 is 0. The average molecular weight is 252 g/mol. The Labute approximate surface area is 109 Å². The van der Waals surface area contributed by atoms with Gasteiger partial charge in [-0.2, -0.15) is 0 Å². The molecule has 0 saturated heterocycles. The predicted molar refractivity (Wildman–Crippen MR) is 71.7 cm³/mol. The number of fused-ring (bicyclic) bond motifs is 1. The molecule has 1 aromatic carbocycles. The summed E-state index contributed by atoms with van der Waals surface area (Å²) in [4.78, 5) is 22.9. The number of hydrogen-bond acceptors (Lipinski definition) is 3. The van der Waals surface area contributed by atoms with Crippen LogP contribution in [0.1, 0.15) is 21.6 Å². The summed E-state index contributed by atoms with van der Waals surface area (Å²) in [6.45, 7) is 0. The fraction of sp³-hybridized carbons (Fsp3) is 0.0714. The second-order valence-electron chi connectivity index (χ2n) is 4.29. The van der Waals surface area contributed by atoms with E-state index in [1.807, 2.05) is 30.3 Å². The third kappa shape index (κ3) is 2.18. The van der Waals surface area contributed by atoms with Crippen LogP contribution >= 0.6 is 0 Å². The van der Waals surface area contributed by atoms with Crippen molar-refractivity contribution >= 4 is 17.1 Å². The van der Waals surface area contributed by atoms with Gasteiger partial charge in [-0.3, -0.25) is 4.79 Å². The molecule has 0 aliphatic carbocycles. The number of amides is 1. The average Bonchev–Trinajstić information content (AvgIpc) is 2.83. The van der Waals surface area contributed by atoms with Crippen molar-refractivity contribution in [3.05, 3.63) is 59.5 Å². The minimum absolute atomic E-state index is 0.373. The molecule has 0 bridgehead atoms. The first-order valence-electron chi connectivity index (χ1n) is 5.91. The summed E-state index contributed by atoms with van der Waals surface area (Å²) in [5.41, 5.74) is 8.73. The molecule has 2 aromatic heterocycles. The summed E-state index contributed by atoms with van der Waals surface area (Å²) in [6.07, 6.45) is 3.92. The van der Waals surface area contributed by atoms with Crippen LogP contribution in [-0.4, -0.2) is 20.9 Å². The lowest BCUT2D eigenvalue weighted by Crippen LogP contribution is -2.10. The molecule has 5 nitrogen and oxygen atoms in total. The number of primary amides is 1. The minimum Gasteiger partial charge on any atom is -0.365 e. The number of carbonyl (C=O) groups is 1. The number of hydrogen-bond donors (Lipinski definition) is 2. The maximum absolute atomic E-state index is 11.3. The number of nitrogens with zero attached hydrogens (tertiary/aromatic N) is 2. The zero-order valence-electron chi connectivity index (χ0n) is 10.1. The number of nitrogens with two attached hydrogens (primary N) is 1. The molecular formula is C14H12N4O. The quantitative estimate of drug-likeness (QED) is 0.743. The molecule has 0 aliphatic rings. The molecule has 0 unspecified atom stereocenters. The van der Waals surface area contributed by atoms with E-state index in [9.17, 15) is 4.79 Å². The summed E-state index contributed by atoms with van der Waals surface area (Å²) in [5.74, 6) is -0.502. The van der Waals surface area contributed by atoms with Crippen molar-refractivity contribution in [1.82, 2.24) is 15.0 Å². The van der Waals surface area contributed by atoms with Gasteiger partial charge in [-0.05, 0) is 5.56 Å². The largest absolute Gasteiger partial charge is 0.365 e. The number of H-pyrrole nitrogens is 1. The van der Waals surface area contributed by atoms with Crippen LogP contribution in [0.3, 0.4) is 0 Å². The second kappa shape index (κ2) is 4.53. The van der Waals surface area contributed by atoms with Gasteiger partial charge in [0.1, 0.15) is 5.52 Å². The molecule has 94 valence electrons. The summed E-state index contributed by atoms with van der Waals surface area (Å²) in [7, 11) is 0. The molecule has 3 N–H and O–H groups in total. The van der Waals surface area contributed by atoms with E-state index in [0.29, 0.717) is 23.1 Å². The van der Waals surface area contributed by atoms with Crippen molar-refractivity contribution < 1.29 is 4.79 Å². The highest BCUT2D eigenvalue weighted by Gasteiger charge is 2.11. The molecule has 19 heavy (non-hydrogen) atoms. The first-order valence-corrected chi connectivity index (χ1v) is 5.91. The van der Waals surface area contributed by atoms with E-state index in [1.165, 1.54) is 0 Å². The van der Waals surface area contributed by atoms with Crippen molar-refractivity contribution in [3.8, 4) is 0 Å². The van der Waals surface area contributed by atoms with Crippen LogP contribution in [-0.2, 0) is 6.42 Å². The Kier molecular flexibility index (Phi) is 2.72. The van der Waals surface area contributed by atoms with Crippen molar-refractivity contribution in [3.63, 3.8) is 0 Å². The summed E-state index contributed by atoms with van der Waals surface area (Å²) in [5, 5.41) is 0. The van der Waals surface area contributed by atoms with Gasteiger partial charge < -0.3 is 10.7 Å². The van der Waals surface area contributed by atoms with Gasteiger partial charge in [0, 0.05) is 12.6 Å². The standard InChI is InChI=1S/C14H12N4O/c15-13(19)11-8-17-14-12(11)18-10(7-16-14)6-9-4-2-1-3-5-9/h1-5,7-8H,6H2,(H2,15,19)(H,16,17). The monoisotopic (exact) mass is 252 g/mol. The lowest BCUT2D eigenvalue weighted by atomic mass is 10.1. The molecular weight excluding hydrogens is 240 g/mol. The smallest absolute Gasteiger partial charge is 0.252 e. The molecule has 0 aliphatic heterocycles. The number of rotatable bonds is 3. The Bertz CT molecular complexity index is 734. The number of carbonyl (C=O) groups excluding carboxylic acids is 1. The van der Waals surface area contributed by atoms with E-state index in [4.69, 9.17) is 5.73 Å². The third-order valence-corrected chi connectivity index (χ3v) is 2.92. The molecule has 5 heteroatoms. The molecule has 0 atom stereocenters. The molecule has 0 spiro atoms. The van der Waals surface area contributed by atoms with Gasteiger partial charge in [0.05, 0.1) is 17.5 Å². The SMILES string of the molecule is NC(=O)c1c[nH]c2ncc(Cc3ccccc3)nc12. The van der Waals surface area contributed by atoms with Gasteiger partial charge in [0.2, 0.25) is 0 Å². The zero-order valence-corrected chi connectivity index (χ0v) is 10.1. The van der Waals surface area contributed by atoms with Gasteiger partial charge in [-0.1, -0.05) is 30.3 Å². The van der Waals surface area contributed by atoms with Crippen LogP contribution in [0, 0.1) is 0 Å². The molecule has 0 fully saturated rings. The van der Waals surface area contributed by atoms with Crippen molar-refractivity contribution in [1.29, 1.82) is 0 Å². The lowest BCUT2D eigenvalue weighted by Gasteiger charge is -2.01. The van der Waals surface area contributed by atoms with Crippen molar-refractivity contribution in [2.75, 3.05) is 0 Å². The molecule has 2 heterocycles. The lowest BCUT2D eigenvalue weighted by molar-refractivity contribution is 0.100. The zero-order chi connectivity index (χ0) is 13.2. The Balaban J connectivity index is 2.01. The van der Waals surface area contributed by atoms with Crippen LogP contribution in [0.15, 0.2) is 42.7 Å². The Morgan fingerprint density at radius 1 is 1.26 bits per heavy atom. The van der Waals surface area contributed by atoms with Crippen LogP contribution < -0.4 is 5.73 Å². The molecule has 1 amide bonds. The highest BCUT2D eigenvalue weighted by molar-refractivity contribution is 6.03. The van der Waals surface area contributed by atoms with Gasteiger partial charge >= 0.3 is 0 Å². The third-order valence-electron chi connectivity index (χ3n) is 2.92. The van der Waals surface area contributed by atoms with E-state index >= 15 is 0 Å². The topological polar surface area (TPSA) is 84.7 Å². The fourth-order valence-corrected chi connectivity index (χ4v) is 2.01. The van der Waals surface area contributed by atoms with Crippen LogP contribution in [0.5, 0.6) is 0 Å². The minimum atomic E-state index is -0.502. The molecule has 0 saturated carbocycles. The molecule has 3 aromatic rings. The van der Waals surface area contributed by atoms with Crippen LogP contribution in [0.2, 0.25) is 0 Å². The second-order valence-corrected chi connectivity index (χ2v) is 4.29. The summed E-state index contributed by atoms with van der Waals surface area (Å²) in [6, 6.07) is 9.98. The highest BCUT2D eigenvalue weighted by Crippen LogP contribution is 2.15. The van der Waals surface area contributed by atoms with Gasteiger partial charge in [-0.15, -0.1) is 0 Å². The van der Waals surface area contributed by atoms with Gasteiger partial charge in [0.25, 0.3) is 5.91 Å². The molecule has 0 radical (unpaired) electrons. The van der Waals surface area contributed by atoms with E-state index < -0.39 is 5.91 Å². The Hall–Kier alpha value is -2.69. The fourth-order valence-electron chi connectivity index (χ4n) is 2.01. The van der Waals surface area contributed by atoms with Crippen LogP contribution in [0.4, 0.5) is 0 Å². The van der Waals surface area contributed by atoms with E-state index in [0.717, 1.165) is 11.3 Å². The normalized spacial score (nSPS) is 10.7. The van der Waals surface area contributed by atoms with E-state index in [-0.39, 0.29) is 0 Å². The van der Waals surface area contributed by atoms with Gasteiger partial charge in [-0.25, -0.2) is 9.97 Å². The van der Waals surface area contributed by atoms with Crippen molar-refractivity contribution in [2.24, 2.45) is 5.73 Å². The Morgan fingerprint density at radius 3 is 2.79 bits per heavy atom. The van der Waals surface area contributed by atoms with Crippen molar-refractivity contribution in [2.45, 2.75) is 6.42 Å². The predicted octanol–water partition coefficient (Wildman–Crippen LogP) is 1.65. The maximum atomic E-state index is 11.3. The maximum Gasteiger partial charge on any atom is 0.252 e. The van der Waals surface area contributed by atoms with Gasteiger partial charge in [0.15, 0.2) is 5.65 Å². The van der Waals surface area contributed by atoms with E-state index in [1.54, 1.807) is 12.4 Å². The first kappa shape index (κ1) is 11.4.